The van der Waals surface area contributed by atoms with E-state index in [4.69, 9.17) is 4.98 Å². The average molecular weight is 446 g/mol. The second-order valence-electron chi connectivity index (χ2n) is 8.24. The summed E-state index contributed by atoms with van der Waals surface area (Å²) < 4.78 is 24.8. The van der Waals surface area contributed by atoms with Gasteiger partial charge >= 0.3 is 0 Å². The van der Waals surface area contributed by atoms with E-state index in [1.165, 1.54) is 37.3 Å². The van der Waals surface area contributed by atoms with Gasteiger partial charge in [0.05, 0.1) is 23.7 Å². The highest BCUT2D eigenvalue weighted by atomic mass is 32.2. The van der Waals surface area contributed by atoms with E-state index in [-0.39, 0.29) is 22.5 Å². The van der Waals surface area contributed by atoms with Crippen molar-refractivity contribution >= 4 is 21.7 Å². The molecule has 2 aromatic rings. The lowest BCUT2D eigenvalue weighted by atomic mass is 9.93. The van der Waals surface area contributed by atoms with Crippen LogP contribution in [0.1, 0.15) is 54.1 Å². The Morgan fingerprint density at radius 3 is 2.42 bits per heavy atom. The molecule has 0 bridgehead atoms. The van der Waals surface area contributed by atoms with Crippen molar-refractivity contribution < 1.29 is 18.3 Å². The van der Waals surface area contributed by atoms with Gasteiger partial charge in [-0.1, -0.05) is 0 Å². The van der Waals surface area contributed by atoms with Gasteiger partial charge in [0.15, 0.2) is 9.84 Å². The van der Waals surface area contributed by atoms with Crippen molar-refractivity contribution in [1.82, 2.24) is 19.9 Å². The largest absolute Gasteiger partial charge is 0.506 e. The fourth-order valence-electron chi connectivity index (χ4n) is 4.28. The maximum absolute atomic E-state index is 12.7. The summed E-state index contributed by atoms with van der Waals surface area (Å²) in [6.45, 7) is 2.71. The molecule has 2 fully saturated rings. The topological polar surface area (TPSA) is 117 Å². The molecule has 1 N–H and O–H groups in total. The molecule has 2 saturated heterocycles. The molecule has 2 aromatic heterocycles. The molecule has 0 radical (unpaired) electrons. The van der Waals surface area contributed by atoms with Crippen LogP contribution in [0, 0.1) is 0 Å². The molecule has 31 heavy (non-hydrogen) atoms. The quantitative estimate of drug-likeness (QED) is 0.759. The number of anilines is 1. The molecular weight excluding hydrogens is 418 g/mol. The number of pyridine rings is 1. The van der Waals surface area contributed by atoms with Crippen LogP contribution < -0.4 is 4.90 Å². The van der Waals surface area contributed by atoms with Crippen LogP contribution in [0.5, 0.6) is 5.75 Å². The molecule has 9 nitrogen and oxygen atoms in total. The molecule has 0 atom stereocenters. The van der Waals surface area contributed by atoms with E-state index in [9.17, 15) is 18.3 Å². The summed E-state index contributed by atoms with van der Waals surface area (Å²) in [5, 5.41) is 9.58. The number of sulfone groups is 1. The molecule has 0 aromatic carbocycles. The first kappa shape index (κ1) is 21.5. The van der Waals surface area contributed by atoms with Crippen LogP contribution in [0.25, 0.3) is 0 Å². The Kier molecular flexibility index (Phi) is 6.08. The number of aromatic nitrogens is 3. The van der Waals surface area contributed by atoms with Crippen molar-refractivity contribution in [2.45, 2.75) is 42.9 Å². The number of rotatable bonds is 4. The molecule has 2 aliphatic rings. The normalized spacial score (nSPS) is 18.2. The van der Waals surface area contributed by atoms with E-state index in [2.05, 4.69) is 14.9 Å². The summed E-state index contributed by atoms with van der Waals surface area (Å²) in [4.78, 5) is 29.7. The van der Waals surface area contributed by atoms with Crippen LogP contribution in [0.2, 0.25) is 0 Å². The number of hydrogen-bond donors (Lipinski definition) is 1. The van der Waals surface area contributed by atoms with Gasteiger partial charge < -0.3 is 14.9 Å². The summed E-state index contributed by atoms with van der Waals surface area (Å²) in [6, 6.07) is 1.40. The molecular formula is C21H27N5O4S. The van der Waals surface area contributed by atoms with Crippen molar-refractivity contribution in [3.63, 3.8) is 0 Å². The van der Waals surface area contributed by atoms with Gasteiger partial charge in [0.2, 0.25) is 5.95 Å². The van der Waals surface area contributed by atoms with Crippen molar-refractivity contribution in [3.8, 4) is 5.75 Å². The predicted molar refractivity (Wildman–Crippen MR) is 115 cm³/mol. The number of nitrogens with zero attached hydrogens (tertiary/aromatic N) is 5. The maximum atomic E-state index is 12.7. The first-order valence-electron chi connectivity index (χ1n) is 10.6. The Balaban J connectivity index is 1.54. The Morgan fingerprint density at radius 1 is 1.06 bits per heavy atom. The van der Waals surface area contributed by atoms with Gasteiger partial charge in [0.25, 0.3) is 5.91 Å². The number of hydrogen-bond acceptors (Lipinski definition) is 8. The summed E-state index contributed by atoms with van der Waals surface area (Å²) in [7, 11) is -3.47. The highest BCUT2D eigenvalue weighted by Gasteiger charge is 2.30. The van der Waals surface area contributed by atoms with Gasteiger partial charge in [-0.3, -0.25) is 9.78 Å². The maximum Gasteiger partial charge on any atom is 0.255 e. The molecule has 0 unspecified atom stereocenters. The molecule has 0 spiro atoms. The van der Waals surface area contributed by atoms with E-state index >= 15 is 0 Å². The molecule has 4 heterocycles. The molecule has 1 amide bonds. The minimum absolute atomic E-state index is 0.0512. The Bertz CT molecular complexity index is 1060. The van der Waals surface area contributed by atoms with E-state index in [0.29, 0.717) is 43.1 Å². The Labute approximate surface area is 182 Å². The highest BCUT2D eigenvalue weighted by Crippen LogP contribution is 2.33. The number of carbonyl (C=O) groups excluding carboxylic acids is 1. The van der Waals surface area contributed by atoms with Crippen molar-refractivity contribution in [3.05, 3.63) is 35.9 Å². The van der Waals surface area contributed by atoms with Crippen LogP contribution in [-0.4, -0.2) is 71.7 Å². The average Bonchev–Trinajstić information content (AvgIpc) is 2.78. The Morgan fingerprint density at radius 2 is 1.77 bits per heavy atom. The van der Waals surface area contributed by atoms with E-state index < -0.39 is 9.84 Å². The summed E-state index contributed by atoms with van der Waals surface area (Å²) in [5.41, 5.74) is 0.897. The number of piperidine rings is 2. The number of amides is 1. The second-order valence-corrected chi connectivity index (χ2v) is 10.2. The lowest BCUT2D eigenvalue weighted by Crippen LogP contribution is -2.38. The molecule has 0 saturated carbocycles. The molecule has 0 aliphatic carbocycles. The van der Waals surface area contributed by atoms with Crippen molar-refractivity contribution in [2.24, 2.45) is 0 Å². The van der Waals surface area contributed by atoms with Gasteiger partial charge in [0.1, 0.15) is 10.6 Å². The summed E-state index contributed by atoms with van der Waals surface area (Å²) in [5.74, 6) is 0.278. The predicted octanol–water partition coefficient (Wildman–Crippen LogP) is 1.99. The van der Waals surface area contributed by atoms with Gasteiger partial charge in [-0.05, 0) is 38.2 Å². The number of aromatic hydroxyl groups is 1. The lowest BCUT2D eigenvalue weighted by molar-refractivity contribution is 0.0710. The van der Waals surface area contributed by atoms with Crippen LogP contribution in [0.3, 0.4) is 0 Å². The fraction of sp³-hybridized carbons (Fsp3) is 0.524. The van der Waals surface area contributed by atoms with Crippen molar-refractivity contribution in [2.75, 3.05) is 37.3 Å². The lowest BCUT2D eigenvalue weighted by Gasteiger charge is -2.33. The summed E-state index contributed by atoms with van der Waals surface area (Å²) in [6.07, 6.45) is 9.91. The van der Waals surface area contributed by atoms with Gasteiger partial charge in [0, 0.05) is 44.5 Å². The van der Waals surface area contributed by atoms with E-state index in [0.717, 1.165) is 25.9 Å². The van der Waals surface area contributed by atoms with Gasteiger partial charge in [-0.15, -0.1) is 0 Å². The summed E-state index contributed by atoms with van der Waals surface area (Å²) >= 11 is 0. The van der Waals surface area contributed by atoms with Crippen molar-refractivity contribution in [1.29, 1.82) is 0 Å². The third-order valence-electron chi connectivity index (χ3n) is 5.95. The Hall–Kier alpha value is -2.75. The van der Waals surface area contributed by atoms with E-state index in [1.54, 1.807) is 4.90 Å². The van der Waals surface area contributed by atoms with Crippen LogP contribution in [0.4, 0.5) is 5.95 Å². The third kappa shape index (κ3) is 4.79. The fourth-order valence-corrected chi connectivity index (χ4v) is 5.12. The highest BCUT2D eigenvalue weighted by molar-refractivity contribution is 7.90. The van der Waals surface area contributed by atoms with Gasteiger partial charge in [-0.25, -0.2) is 18.4 Å². The third-order valence-corrected chi connectivity index (χ3v) is 7.06. The first-order chi connectivity index (χ1) is 14.8. The second kappa shape index (κ2) is 8.78. The standard InChI is InChI=1S/C21H27N5O4S/c1-31(29,30)18-14-23-21(26-7-3-2-4-8-26)24-19(18)15-5-9-25(10-6-15)20(28)16-11-17(27)13-22-12-16/h11-15,27H,2-10H2,1H3. The SMILES string of the molecule is CS(=O)(=O)c1cnc(N2CCCCC2)nc1C1CCN(C(=O)c2cncc(O)c2)CC1. The van der Waals surface area contributed by atoms with Crippen LogP contribution in [-0.2, 0) is 9.84 Å². The van der Waals surface area contributed by atoms with Gasteiger partial charge in [-0.2, -0.15) is 0 Å². The molecule has 2 aliphatic heterocycles. The number of carbonyl (C=O) groups is 1. The molecule has 166 valence electrons. The zero-order valence-corrected chi connectivity index (χ0v) is 18.4. The van der Waals surface area contributed by atoms with Crippen LogP contribution in [0.15, 0.2) is 29.6 Å². The van der Waals surface area contributed by atoms with E-state index in [1.807, 2.05) is 0 Å². The minimum Gasteiger partial charge on any atom is -0.506 e. The minimum atomic E-state index is -3.47. The van der Waals surface area contributed by atoms with Crippen LogP contribution >= 0.6 is 0 Å². The molecule has 4 rings (SSSR count). The monoisotopic (exact) mass is 445 g/mol. The molecule has 10 heteroatoms. The zero-order chi connectivity index (χ0) is 22.0. The smallest absolute Gasteiger partial charge is 0.255 e. The zero-order valence-electron chi connectivity index (χ0n) is 17.6. The first-order valence-corrected chi connectivity index (χ1v) is 12.5. The number of likely N-dealkylation sites (tertiary alicyclic amines) is 1.